The van der Waals surface area contributed by atoms with E-state index < -0.39 is 19.7 Å². The van der Waals surface area contributed by atoms with Crippen LogP contribution < -0.4 is 9.47 Å². The monoisotopic (exact) mass is 759 g/mol. The number of phenolic OH excluding ortho intramolecular Hbond substituents is 1. The van der Waals surface area contributed by atoms with Gasteiger partial charge in [-0.15, -0.1) is 0 Å². The second-order valence-corrected chi connectivity index (χ2v) is 15.5. The fourth-order valence-corrected chi connectivity index (χ4v) is 7.68. The summed E-state index contributed by atoms with van der Waals surface area (Å²) < 4.78 is 36.5. The van der Waals surface area contributed by atoms with Crippen LogP contribution in [0.4, 0.5) is 4.79 Å². The molecular weight excluding hydrogens is 705 g/mol. The molecule has 2 N–H and O–H groups in total. The number of amides is 2. The number of hydrogen-bond acceptors (Lipinski definition) is 9. The summed E-state index contributed by atoms with van der Waals surface area (Å²) in [7, 11) is -2.02. The van der Waals surface area contributed by atoms with Gasteiger partial charge in [0.2, 0.25) is 0 Å². The van der Waals surface area contributed by atoms with E-state index in [9.17, 15) is 14.8 Å². The highest BCUT2D eigenvalue weighted by atomic mass is 31.2. The summed E-state index contributed by atoms with van der Waals surface area (Å²) in [5, 5.41) is 25.9. The fourth-order valence-electron chi connectivity index (χ4n) is 6.34. The molecule has 1 saturated heterocycles. The van der Waals surface area contributed by atoms with Crippen molar-refractivity contribution in [2.45, 2.75) is 77.7 Å². The molecule has 0 aliphatic carbocycles. The highest BCUT2D eigenvalue weighted by molar-refractivity contribution is 7.53. The normalized spacial score (nSPS) is 16.7. The summed E-state index contributed by atoms with van der Waals surface area (Å²) in [4.78, 5) is 16.7. The molecule has 0 aromatic heterocycles. The fraction of sp³-hybridized carbons (Fsp3) is 0.405. The maximum atomic E-state index is 15.0. The number of phenols is 1. The number of aromatic hydroxyl groups is 1. The lowest BCUT2D eigenvalue weighted by atomic mass is 9.99. The molecule has 2 amide bonds. The molecule has 0 radical (unpaired) electrons. The van der Waals surface area contributed by atoms with Gasteiger partial charge in [-0.25, -0.2) is 9.80 Å². The van der Waals surface area contributed by atoms with Crippen LogP contribution in [0.5, 0.6) is 17.2 Å². The van der Waals surface area contributed by atoms with E-state index in [1.807, 2.05) is 97.7 Å². The molecular formula is C42H54N3O8P. The number of benzene rings is 4. The Morgan fingerprint density at radius 2 is 1.39 bits per heavy atom. The van der Waals surface area contributed by atoms with Gasteiger partial charge in [0.15, 0.2) is 17.8 Å². The van der Waals surface area contributed by atoms with Crippen LogP contribution in [-0.4, -0.2) is 76.5 Å². The van der Waals surface area contributed by atoms with Crippen LogP contribution in [0.25, 0.3) is 0 Å². The predicted molar refractivity (Wildman–Crippen MR) is 209 cm³/mol. The number of β-amino-alcohol motifs (C(OH)–C–C–N with tert-alkyl or cyclic N) is 1. The summed E-state index contributed by atoms with van der Waals surface area (Å²) in [6, 6.07) is 31.2. The molecule has 54 heavy (non-hydrogen) atoms. The first kappa shape index (κ1) is 40.8. The number of rotatable bonds is 20. The minimum Gasteiger partial charge on any atom is -0.504 e. The van der Waals surface area contributed by atoms with Crippen LogP contribution in [0.1, 0.15) is 61.8 Å². The van der Waals surface area contributed by atoms with Gasteiger partial charge in [-0.2, -0.15) is 0 Å². The summed E-state index contributed by atoms with van der Waals surface area (Å²) in [5.74, 6) is 0.765. The lowest BCUT2D eigenvalue weighted by Gasteiger charge is -2.36. The highest BCUT2D eigenvalue weighted by Gasteiger charge is 2.40. The van der Waals surface area contributed by atoms with Gasteiger partial charge in [0.05, 0.1) is 39.0 Å². The molecule has 2 atom stereocenters. The first-order valence-corrected chi connectivity index (χ1v) is 20.5. The second-order valence-electron chi connectivity index (χ2n) is 13.5. The number of carbonyl (C=O) groups excluding carboxylic acids is 1. The maximum absolute atomic E-state index is 15.0. The zero-order valence-electron chi connectivity index (χ0n) is 31.6. The van der Waals surface area contributed by atoms with Crippen molar-refractivity contribution in [3.8, 4) is 17.2 Å². The van der Waals surface area contributed by atoms with Crippen molar-refractivity contribution in [1.82, 2.24) is 14.9 Å². The lowest BCUT2D eigenvalue weighted by molar-refractivity contribution is -0.0213. The zero-order chi connectivity index (χ0) is 38.3. The third kappa shape index (κ3) is 11.6. The van der Waals surface area contributed by atoms with Crippen molar-refractivity contribution >= 4 is 13.6 Å². The number of methoxy groups -OCH3 is 1. The molecule has 0 spiro atoms. The summed E-state index contributed by atoms with van der Waals surface area (Å²) in [5.41, 5.74) is 3.49. The van der Waals surface area contributed by atoms with Crippen LogP contribution in [0, 0.1) is 0 Å². The van der Waals surface area contributed by atoms with Gasteiger partial charge in [0.25, 0.3) is 0 Å². The van der Waals surface area contributed by atoms with Gasteiger partial charge in [-0.3, -0.25) is 9.57 Å². The number of ether oxygens (including phenoxy) is 2. The van der Waals surface area contributed by atoms with Crippen molar-refractivity contribution < 1.29 is 38.1 Å². The number of hydrazine groups is 1. The Morgan fingerprint density at radius 1 is 0.759 bits per heavy atom. The van der Waals surface area contributed by atoms with Crippen molar-refractivity contribution in [3.05, 3.63) is 125 Å². The first-order valence-electron chi connectivity index (χ1n) is 18.8. The largest absolute Gasteiger partial charge is 0.504 e. The molecule has 1 aliphatic rings. The Balaban J connectivity index is 1.46. The Morgan fingerprint density at radius 3 is 2.04 bits per heavy atom. The molecule has 4 aromatic carbocycles. The summed E-state index contributed by atoms with van der Waals surface area (Å²) in [6.45, 7) is 5.62. The van der Waals surface area contributed by atoms with E-state index in [1.54, 1.807) is 34.2 Å². The van der Waals surface area contributed by atoms with E-state index in [0.717, 1.165) is 47.9 Å². The van der Waals surface area contributed by atoms with Gasteiger partial charge in [0, 0.05) is 19.6 Å². The van der Waals surface area contributed by atoms with Gasteiger partial charge >= 0.3 is 13.6 Å². The third-order valence-corrected chi connectivity index (χ3v) is 10.9. The van der Waals surface area contributed by atoms with Crippen LogP contribution in [0.3, 0.4) is 0 Å². The molecule has 0 bridgehead atoms. The van der Waals surface area contributed by atoms with E-state index in [2.05, 4.69) is 0 Å². The predicted octanol–water partition coefficient (Wildman–Crippen LogP) is 8.39. The SMILES string of the molecule is CCCCOP(=O)(COc1cccc(CN2C(=O)N(Cc3ccc(O)c(OC)c3)[C@H](Cc3ccccc3)[C@H](O)CN2Cc2ccccc2)c1)OCCCC. The third-order valence-electron chi connectivity index (χ3n) is 9.33. The molecule has 5 rings (SSSR count). The molecule has 4 aromatic rings. The number of unbranched alkanes of at least 4 members (excludes halogenated alkanes) is 2. The average molecular weight is 760 g/mol. The number of nitrogens with zero attached hydrogens (tertiary/aromatic N) is 3. The molecule has 1 aliphatic heterocycles. The quantitative estimate of drug-likeness (QED) is 0.0676. The standard InChI is InChI=1S/C42H54N3O8P/c1-4-6-23-52-54(49,53-24-7-5-2)32-51-37-20-14-19-35(25-37)30-45-42(48)44(29-36-21-22-39(46)41(27-36)50-3)38(26-33-15-10-8-11-16-33)40(47)31-43(45)28-34-17-12-9-13-18-34/h8-22,25,27,38,40,46-47H,4-7,23-24,26,28-32H2,1-3H3/t38-,40-/m1/s1. The second kappa shape index (κ2) is 20.3. The van der Waals surface area contributed by atoms with Gasteiger partial charge in [0.1, 0.15) is 5.75 Å². The first-order chi connectivity index (χ1) is 26.2. The van der Waals surface area contributed by atoms with Crippen molar-refractivity contribution in [2.75, 3.05) is 33.2 Å². The number of urea groups is 1. The Hall–Kier alpha value is -4.38. The lowest BCUT2D eigenvalue weighted by Crippen LogP contribution is -2.51. The van der Waals surface area contributed by atoms with E-state index in [0.29, 0.717) is 37.7 Å². The smallest absolute Gasteiger partial charge is 0.367 e. The van der Waals surface area contributed by atoms with Crippen LogP contribution in [0.2, 0.25) is 0 Å². The van der Waals surface area contributed by atoms with E-state index in [1.165, 1.54) is 7.11 Å². The van der Waals surface area contributed by atoms with E-state index in [4.69, 9.17) is 18.5 Å². The topological polar surface area (TPSA) is 121 Å². The number of hydrogen-bond donors (Lipinski definition) is 2. The van der Waals surface area contributed by atoms with E-state index in [-0.39, 0.29) is 37.8 Å². The number of aliphatic hydroxyl groups excluding tert-OH is 1. The molecule has 1 heterocycles. The van der Waals surface area contributed by atoms with Crippen molar-refractivity contribution in [1.29, 1.82) is 0 Å². The summed E-state index contributed by atoms with van der Waals surface area (Å²) >= 11 is 0. The van der Waals surface area contributed by atoms with Gasteiger partial charge in [-0.1, -0.05) is 106 Å². The Labute approximate surface area is 319 Å². The molecule has 1 fully saturated rings. The maximum Gasteiger partial charge on any atom is 0.367 e. The molecule has 290 valence electrons. The van der Waals surface area contributed by atoms with Crippen molar-refractivity contribution in [2.24, 2.45) is 0 Å². The van der Waals surface area contributed by atoms with Gasteiger partial charge < -0.3 is 33.6 Å². The van der Waals surface area contributed by atoms with Crippen LogP contribution in [0.15, 0.2) is 103 Å². The van der Waals surface area contributed by atoms with E-state index >= 15 is 4.79 Å². The minimum absolute atomic E-state index is 0.00141. The molecule has 11 nitrogen and oxygen atoms in total. The highest BCUT2D eigenvalue weighted by Crippen LogP contribution is 2.48. The Bertz CT molecular complexity index is 1780. The minimum atomic E-state index is -3.51. The van der Waals surface area contributed by atoms with Crippen LogP contribution in [-0.2, 0) is 39.7 Å². The number of carbonyl (C=O) groups is 1. The molecule has 0 unspecified atom stereocenters. The number of aliphatic hydroxyl groups is 1. The Kier molecular flexibility index (Phi) is 15.4. The molecule has 12 heteroatoms. The average Bonchev–Trinajstić information content (AvgIpc) is 3.26. The van der Waals surface area contributed by atoms with Gasteiger partial charge in [-0.05, 0) is 65.8 Å². The summed E-state index contributed by atoms with van der Waals surface area (Å²) in [6.07, 6.45) is 2.61. The molecule has 0 saturated carbocycles. The zero-order valence-corrected chi connectivity index (χ0v) is 32.5. The van der Waals surface area contributed by atoms with Crippen molar-refractivity contribution in [3.63, 3.8) is 0 Å². The van der Waals surface area contributed by atoms with Crippen LogP contribution >= 0.6 is 7.60 Å².